The summed E-state index contributed by atoms with van der Waals surface area (Å²) in [6.07, 6.45) is 2.77. The summed E-state index contributed by atoms with van der Waals surface area (Å²) in [4.78, 5) is 25.1. The molecule has 1 fully saturated rings. The van der Waals surface area contributed by atoms with Gasteiger partial charge in [-0.15, -0.1) is 0 Å². The first-order valence-electron chi connectivity index (χ1n) is 11.5. The van der Waals surface area contributed by atoms with E-state index in [0.717, 1.165) is 60.0 Å². The number of carbonyl (C=O) groups excluding carboxylic acids is 1. The molecule has 0 saturated carbocycles. The summed E-state index contributed by atoms with van der Waals surface area (Å²) in [5.74, 6) is 1.89. The molecule has 9 heteroatoms. The number of hydrogen-bond acceptors (Lipinski definition) is 8. The summed E-state index contributed by atoms with van der Waals surface area (Å²) in [5, 5.41) is 11.0. The lowest BCUT2D eigenvalue weighted by Crippen LogP contribution is -2.48. The molecule has 1 aromatic carbocycles. The van der Waals surface area contributed by atoms with Crippen molar-refractivity contribution in [1.29, 1.82) is 0 Å². The number of benzene rings is 1. The number of carbonyl (C=O) groups is 1. The van der Waals surface area contributed by atoms with E-state index in [-0.39, 0.29) is 18.5 Å². The normalized spacial score (nSPS) is 14.0. The molecule has 0 bridgehead atoms. The molecule has 2 heterocycles. The number of anilines is 3. The Morgan fingerprint density at radius 2 is 1.97 bits per heavy atom. The zero-order valence-electron chi connectivity index (χ0n) is 20.5. The second-order valence-corrected chi connectivity index (χ2v) is 8.05. The van der Waals surface area contributed by atoms with Gasteiger partial charge in [0.15, 0.2) is 0 Å². The molecule has 4 N–H and O–H groups in total. The fraction of sp³-hybridized carbons (Fsp3) is 0.542. The summed E-state index contributed by atoms with van der Waals surface area (Å²) in [6, 6.07) is 5.94. The van der Waals surface area contributed by atoms with Gasteiger partial charge >= 0.3 is 0 Å². The zero-order chi connectivity index (χ0) is 24.4. The topological polar surface area (TPSA) is 117 Å². The smallest absolute Gasteiger partial charge is 0.241 e. The van der Waals surface area contributed by atoms with Crippen LogP contribution in [0.5, 0.6) is 5.75 Å². The maximum atomic E-state index is 12.4. The Hall–Kier alpha value is -2.91. The van der Waals surface area contributed by atoms with Gasteiger partial charge in [-0.3, -0.25) is 9.69 Å². The van der Waals surface area contributed by atoms with Crippen molar-refractivity contribution in [3.8, 4) is 5.75 Å². The first kappa shape index (κ1) is 26.3. The van der Waals surface area contributed by atoms with Crippen molar-refractivity contribution in [2.75, 3.05) is 62.9 Å². The van der Waals surface area contributed by atoms with E-state index < -0.39 is 0 Å². The van der Waals surface area contributed by atoms with Gasteiger partial charge in [-0.1, -0.05) is 19.4 Å². The van der Waals surface area contributed by atoms with Crippen LogP contribution in [0.25, 0.3) is 0 Å². The number of nitrogens with zero attached hydrogens (tertiary/aromatic N) is 4. The van der Waals surface area contributed by atoms with Crippen LogP contribution >= 0.6 is 0 Å². The fourth-order valence-electron chi connectivity index (χ4n) is 3.66. The molecule has 1 aliphatic rings. The zero-order valence-corrected chi connectivity index (χ0v) is 20.5. The lowest BCUT2D eigenvalue weighted by atomic mass is 10.0. The molecule has 0 radical (unpaired) electrons. The number of nitrogen functional groups attached to an aromatic ring is 1. The van der Waals surface area contributed by atoms with Crippen molar-refractivity contribution in [3.05, 3.63) is 35.0 Å². The average Bonchev–Trinajstić information content (AvgIpc) is 2.77. The number of ether oxygens (including phenoxy) is 1. The third-order valence-corrected chi connectivity index (χ3v) is 5.42. The first-order valence-corrected chi connectivity index (χ1v) is 11.5. The van der Waals surface area contributed by atoms with Crippen molar-refractivity contribution in [1.82, 2.24) is 14.9 Å². The standard InChI is InChI=1S/C22H32N6O2.C2H6O/c1-5-6-9-24-21-18(15(2)25-22(23)26-21)12-16-7-8-17(13-19(16)30-4)28-11-10-27(3)14-20(28)29;1-2-3/h7-8,13H,5-6,9-12,14H2,1-4H3,(H3,23,24,25,26);3H,2H2,1H3. The molecule has 9 nitrogen and oxygen atoms in total. The number of aliphatic hydroxyl groups excluding tert-OH is 1. The van der Waals surface area contributed by atoms with Crippen LogP contribution in [0.4, 0.5) is 17.5 Å². The number of unbranched alkanes of at least 4 members (excludes halogenated alkanes) is 1. The van der Waals surface area contributed by atoms with Crippen molar-refractivity contribution < 1.29 is 14.6 Å². The fourth-order valence-corrected chi connectivity index (χ4v) is 3.66. The van der Waals surface area contributed by atoms with Crippen LogP contribution in [0.15, 0.2) is 18.2 Å². The molecule has 1 aliphatic heterocycles. The van der Waals surface area contributed by atoms with E-state index in [4.69, 9.17) is 15.6 Å². The highest BCUT2D eigenvalue weighted by atomic mass is 16.5. The number of methoxy groups -OCH3 is 1. The number of nitrogens with one attached hydrogen (secondary N) is 1. The molecule has 182 valence electrons. The van der Waals surface area contributed by atoms with E-state index in [1.54, 1.807) is 14.0 Å². The number of hydrogen-bond donors (Lipinski definition) is 3. The Balaban J connectivity index is 0.00000122. The molecule has 2 aromatic rings. The van der Waals surface area contributed by atoms with E-state index in [0.29, 0.717) is 19.5 Å². The largest absolute Gasteiger partial charge is 0.496 e. The third-order valence-electron chi connectivity index (χ3n) is 5.42. The Bertz CT molecular complexity index is 921. The molecule has 0 atom stereocenters. The van der Waals surface area contributed by atoms with E-state index in [1.807, 2.05) is 42.0 Å². The monoisotopic (exact) mass is 458 g/mol. The molecule has 1 aromatic heterocycles. The maximum absolute atomic E-state index is 12.4. The van der Waals surface area contributed by atoms with E-state index in [9.17, 15) is 4.79 Å². The van der Waals surface area contributed by atoms with Gasteiger partial charge in [0.25, 0.3) is 0 Å². The molecule has 0 aliphatic carbocycles. The van der Waals surface area contributed by atoms with Crippen LogP contribution in [-0.2, 0) is 11.2 Å². The predicted octanol–water partition coefficient (Wildman–Crippen LogP) is 2.46. The van der Waals surface area contributed by atoms with Gasteiger partial charge in [-0.25, -0.2) is 4.98 Å². The Morgan fingerprint density at radius 3 is 2.61 bits per heavy atom. The number of aryl methyl sites for hydroxylation is 1. The summed E-state index contributed by atoms with van der Waals surface area (Å²) in [5.41, 5.74) is 9.60. The number of aliphatic hydroxyl groups is 1. The number of likely N-dealkylation sites (N-methyl/N-ethyl adjacent to an activating group) is 1. The van der Waals surface area contributed by atoms with Crippen LogP contribution in [0.3, 0.4) is 0 Å². The van der Waals surface area contributed by atoms with Gasteiger partial charge in [0.2, 0.25) is 11.9 Å². The van der Waals surface area contributed by atoms with Crippen LogP contribution in [0.2, 0.25) is 0 Å². The predicted molar refractivity (Wildman–Crippen MR) is 133 cm³/mol. The molecular weight excluding hydrogens is 420 g/mol. The molecule has 33 heavy (non-hydrogen) atoms. The van der Waals surface area contributed by atoms with Crippen molar-refractivity contribution in [3.63, 3.8) is 0 Å². The molecule has 0 spiro atoms. The summed E-state index contributed by atoms with van der Waals surface area (Å²) in [7, 11) is 3.61. The van der Waals surface area contributed by atoms with Crippen molar-refractivity contribution in [2.24, 2.45) is 0 Å². The Morgan fingerprint density at radius 1 is 1.24 bits per heavy atom. The number of rotatable bonds is 8. The van der Waals surface area contributed by atoms with E-state index in [2.05, 4.69) is 22.2 Å². The molecule has 3 rings (SSSR count). The van der Waals surface area contributed by atoms with Crippen molar-refractivity contribution >= 4 is 23.4 Å². The number of piperazine rings is 1. The minimum absolute atomic E-state index is 0.101. The highest BCUT2D eigenvalue weighted by molar-refractivity contribution is 5.95. The molecule has 1 saturated heterocycles. The van der Waals surface area contributed by atoms with Crippen LogP contribution in [0.1, 0.15) is 43.5 Å². The van der Waals surface area contributed by atoms with Gasteiger partial charge < -0.3 is 25.8 Å². The Labute approximate surface area is 197 Å². The molecule has 0 unspecified atom stereocenters. The van der Waals surface area contributed by atoms with E-state index >= 15 is 0 Å². The van der Waals surface area contributed by atoms with Crippen LogP contribution in [-0.4, -0.2) is 72.8 Å². The third kappa shape index (κ3) is 7.30. The number of aromatic nitrogens is 2. The van der Waals surface area contributed by atoms with Gasteiger partial charge in [-0.2, -0.15) is 4.98 Å². The second kappa shape index (κ2) is 13.0. The first-order chi connectivity index (χ1) is 15.8. The highest BCUT2D eigenvalue weighted by Crippen LogP contribution is 2.31. The average molecular weight is 459 g/mol. The highest BCUT2D eigenvalue weighted by Gasteiger charge is 2.24. The molecular formula is C24H38N6O3. The quantitative estimate of drug-likeness (QED) is 0.517. The second-order valence-electron chi connectivity index (χ2n) is 8.05. The number of nitrogens with two attached hydrogens (primary N) is 1. The maximum Gasteiger partial charge on any atom is 0.241 e. The lowest BCUT2D eigenvalue weighted by Gasteiger charge is -2.32. The van der Waals surface area contributed by atoms with Crippen LogP contribution in [0, 0.1) is 6.92 Å². The Kier molecular flexibility index (Phi) is 10.3. The van der Waals surface area contributed by atoms with Gasteiger partial charge in [0, 0.05) is 55.7 Å². The van der Waals surface area contributed by atoms with Gasteiger partial charge in [-0.05, 0) is 38.9 Å². The van der Waals surface area contributed by atoms with E-state index in [1.165, 1.54) is 0 Å². The summed E-state index contributed by atoms with van der Waals surface area (Å²) < 4.78 is 5.67. The van der Waals surface area contributed by atoms with Crippen molar-refractivity contribution in [2.45, 2.75) is 40.0 Å². The number of amides is 1. The minimum atomic E-state index is 0.101. The van der Waals surface area contributed by atoms with Crippen LogP contribution < -0.4 is 20.7 Å². The summed E-state index contributed by atoms with van der Waals surface area (Å²) in [6.45, 7) is 8.82. The van der Waals surface area contributed by atoms with Gasteiger partial charge in [0.05, 0.1) is 13.7 Å². The lowest BCUT2D eigenvalue weighted by molar-refractivity contribution is -0.120. The van der Waals surface area contributed by atoms with Gasteiger partial charge in [0.1, 0.15) is 11.6 Å². The molecule has 1 amide bonds. The summed E-state index contributed by atoms with van der Waals surface area (Å²) >= 11 is 0. The minimum Gasteiger partial charge on any atom is -0.496 e. The SMILES string of the molecule is CCCCNc1nc(N)nc(C)c1Cc1ccc(N2CCN(C)CC2=O)cc1OC.CCO.